The number of hydrogen-bond donors (Lipinski definition) is 0. The molecule has 2 atom stereocenters. The summed E-state index contributed by atoms with van der Waals surface area (Å²) in [5.74, 6) is -1.01. The Bertz CT molecular complexity index is 727. The number of esters is 2. The highest BCUT2D eigenvalue weighted by molar-refractivity contribution is 7.45. The minimum Gasteiger partial charge on any atom is -0.756 e. The topological polar surface area (TPSA) is 128 Å². The smallest absolute Gasteiger partial charge is 0.306 e. The lowest BCUT2D eigenvalue weighted by atomic mass is 10.0. The van der Waals surface area contributed by atoms with Crippen molar-refractivity contribution in [2.24, 2.45) is 0 Å². The monoisotopic (exact) mass is 607 g/mol. The van der Waals surface area contributed by atoms with Crippen LogP contribution < -0.4 is 4.89 Å². The highest BCUT2D eigenvalue weighted by Crippen LogP contribution is 2.38. The molecule has 0 aromatic heterocycles. The van der Waals surface area contributed by atoms with Crippen molar-refractivity contribution in [1.29, 1.82) is 0 Å². The molecule has 0 fully saturated rings. The zero-order valence-corrected chi connectivity index (χ0v) is 27.2. The summed E-state index contributed by atoms with van der Waals surface area (Å²) in [4.78, 5) is 47.0. The third-order valence-corrected chi connectivity index (χ3v) is 7.56. The molecule has 0 aromatic carbocycles. The summed E-state index contributed by atoms with van der Waals surface area (Å²) < 4.78 is 33.0. The number of unbranched alkanes of at least 4 members (excludes halogenated alkanes) is 14. The van der Waals surface area contributed by atoms with E-state index >= 15 is 0 Å². The van der Waals surface area contributed by atoms with E-state index in [0.717, 1.165) is 19.1 Å². The first-order valence-electron chi connectivity index (χ1n) is 15.7. The summed E-state index contributed by atoms with van der Waals surface area (Å²) in [6.45, 7) is 1.80. The summed E-state index contributed by atoms with van der Waals surface area (Å²) in [7, 11) is 1.07. The van der Waals surface area contributed by atoms with Gasteiger partial charge < -0.3 is 32.7 Å². The second kappa shape index (κ2) is 25.2. The molecule has 11 heteroatoms. The molecule has 0 spiro atoms. The Morgan fingerprint density at radius 1 is 0.756 bits per heavy atom. The number of hydrogen-bond acceptors (Lipinski definition) is 9. The average molecular weight is 608 g/mol. The zero-order valence-electron chi connectivity index (χ0n) is 26.3. The third-order valence-electron chi connectivity index (χ3n) is 6.60. The van der Waals surface area contributed by atoms with Gasteiger partial charge in [0.15, 0.2) is 6.10 Å². The van der Waals surface area contributed by atoms with Crippen LogP contribution in [-0.4, -0.2) is 76.3 Å². The van der Waals surface area contributed by atoms with E-state index in [1.165, 1.54) is 64.2 Å². The fraction of sp³-hybridized carbons (Fsp3) is 0.900. The Labute approximate surface area is 249 Å². The number of phosphoric ester groups is 1. The van der Waals surface area contributed by atoms with Gasteiger partial charge in [-0.25, -0.2) is 0 Å². The van der Waals surface area contributed by atoms with Gasteiger partial charge in [0, 0.05) is 19.3 Å². The van der Waals surface area contributed by atoms with Gasteiger partial charge in [0.1, 0.15) is 26.0 Å². The Morgan fingerprint density at radius 3 is 1.80 bits per heavy atom. The van der Waals surface area contributed by atoms with Gasteiger partial charge in [0.25, 0.3) is 7.82 Å². The summed E-state index contributed by atoms with van der Waals surface area (Å²) in [5.41, 5.74) is 0. The van der Waals surface area contributed by atoms with Crippen LogP contribution in [0.2, 0.25) is 0 Å². The van der Waals surface area contributed by atoms with Crippen LogP contribution in [0.4, 0.5) is 0 Å². The fourth-order valence-corrected chi connectivity index (χ4v) is 4.77. The molecule has 10 nitrogen and oxygen atoms in total. The third kappa shape index (κ3) is 28.6. The van der Waals surface area contributed by atoms with Crippen LogP contribution in [-0.2, 0) is 37.5 Å². The number of aldehydes is 1. The van der Waals surface area contributed by atoms with Crippen molar-refractivity contribution in [3.63, 3.8) is 0 Å². The van der Waals surface area contributed by atoms with Gasteiger partial charge in [-0.1, -0.05) is 84.0 Å². The zero-order chi connectivity index (χ0) is 30.8. The van der Waals surface area contributed by atoms with Crippen molar-refractivity contribution in [3.05, 3.63) is 0 Å². The molecule has 0 saturated heterocycles. The Kier molecular flexibility index (Phi) is 24.4. The van der Waals surface area contributed by atoms with E-state index in [2.05, 4.69) is 6.92 Å². The highest BCUT2D eigenvalue weighted by Gasteiger charge is 2.21. The second-order valence-corrected chi connectivity index (χ2v) is 13.2. The van der Waals surface area contributed by atoms with Crippen LogP contribution in [0, 0.1) is 0 Å². The molecule has 0 bridgehead atoms. The molecule has 0 N–H and O–H groups in total. The largest absolute Gasteiger partial charge is 0.756 e. The predicted octanol–water partition coefficient (Wildman–Crippen LogP) is 5.89. The number of carbonyl (C=O) groups excluding carboxylic acids is 3. The van der Waals surface area contributed by atoms with E-state index in [1.807, 2.05) is 21.1 Å². The number of likely N-dealkylation sites (N-methyl/N-ethyl adjacent to an activating group) is 1. The molecule has 0 aliphatic rings. The maximum absolute atomic E-state index is 12.2. The molecule has 0 aromatic rings. The van der Waals surface area contributed by atoms with E-state index in [4.69, 9.17) is 18.5 Å². The van der Waals surface area contributed by atoms with Crippen LogP contribution in [0.5, 0.6) is 0 Å². The summed E-state index contributed by atoms with van der Waals surface area (Å²) in [5, 5.41) is 0. The van der Waals surface area contributed by atoms with Crippen LogP contribution in [0.15, 0.2) is 0 Å². The number of carbonyl (C=O) groups is 3. The average Bonchev–Trinajstić information content (AvgIpc) is 2.90. The summed E-state index contributed by atoms with van der Waals surface area (Å²) in [6.07, 6.45) is 17.1. The van der Waals surface area contributed by atoms with Gasteiger partial charge in [-0.3, -0.25) is 14.2 Å². The van der Waals surface area contributed by atoms with Crippen LogP contribution in [0.1, 0.15) is 122 Å². The molecule has 0 rings (SSSR count). The van der Waals surface area contributed by atoms with Crippen molar-refractivity contribution in [3.8, 4) is 0 Å². The van der Waals surface area contributed by atoms with Gasteiger partial charge >= 0.3 is 11.9 Å². The first-order chi connectivity index (χ1) is 19.5. The second-order valence-electron chi connectivity index (χ2n) is 11.8. The predicted molar refractivity (Wildman–Crippen MR) is 158 cm³/mol. The molecule has 0 heterocycles. The molecule has 242 valence electrons. The first kappa shape index (κ1) is 39.7. The van der Waals surface area contributed by atoms with Crippen molar-refractivity contribution in [2.75, 3.05) is 47.5 Å². The van der Waals surface area contributed by atoms with Gasteiger partial charge in [0.2, 0.25) is 0 Å². The Hall–Kier alpha value is -1.32. The van der Waals surface area contributed by atoms with E-state index in [9.17, 15) is 23.8 Å². The maximum Gasteiger partial charge on any atom is 0.306 e. The molecular formula is C30H58NO9P. The first-order valence-corrected chi connectivity index (χ1v) is 17.1. The fourth-order valence-electron chi connectivity index (χ4n) is 4.04. The van der Waals surface area contributed by atoms with Gasteiger partial charge in [-0.05, 0) is 19.3 Å². The molecule has 0 aliphatic carbocycles. The van der Waals surface area contributed by atoms with E-state index in [1.54, 1.807) is 0 Å². The van der Waals surface area contributed by atoms with Gasteiger partial charge in [0.05, 0.1) is 27.7 Å². The van der Waals surface area contributed by atoms with Crippen molar-refractivity contribution >= 4 is 26.0 Å². The van der Waals surface area contributed by atoms with Crippen LogP contribution >= 0.6 is 7.82 Å². The lowest BCUT2D eigenvalue weighted by Crippen LogP contribution is -2.37. The summed E-state index contributed by atoms with van der Waals surface area (Å²) >= 11 is 0. The molecule has 0 aliphatic heterocycles. The number of phosphoric acid groups is 1. The number of quaternary nitrogens is 1. The van der Waals surface area contributed by atoms with Crippen LogP contribution in [0.3, 0.4) is 0 Å². The standard InChI is InChI=1S/C30H58NO9P/c1-5-6-7-8-9-10-11-12-13-14-15-16-18-21-29(33)37-26-28(40-30(34)22-19-17-20-24-32)27-39-41(35,36)38-25-23-31(2,3)4/h24,28H,5-23,25-27H2,1-4H3/t28-/m1/s1. The number of rotatable bonds is 29. The van der Waals surface area contributed by atoms with E-state index in [-0.39, 0.29) is 26.1 Å². The van der Waals surface area contributed by atoms with Crippen molar-refractivity contribution in [2.45, 2.75) is 129 Å². The minimum atomic E-state index is -4.63. The lowest BCUT2D eigenvalue weighted by molar-refractivity contribution is -0.870. The minimum absolute atomic E-state index is 0.0560. The van der Waals surface area contributed by atoms with E-state index < -0.39 is 32.5 Å². The molecule has 1 unspecified atom stereocenters. The molecule has 0 radical (unpaired) electrons. The number of ether oxygens (including phenoxy) is 2. The molecule has 0 saturated carbocycles. The molecular weight excluding hydrogens is 549 g/mol. The SMILES string of the molecule is CCCCCCCCCCCCCCCC(=O)OC[C@H](COP(=O)([O-])OCC[N+](C)(C)C)OC(=O)CCCCC=O. The van der Waals surface area contributed by atoms with Gasteiger partial charge in [-0.15, -0.1) is 0 Å². The summed E-state index contributed by atoms with van der Waals surface area (Å²) in [6, 6.07) is 0. The number of nitrogens with zero attached hydrogens (tertiary/aromatic N) is 1. The Balaban J connectivity index is 4.32. The van der Waals surface area contributed by atoms with Gasteiger partial charge in [-0.2, -0.15) is 0 Å². The van der Waals surface area contributed by atoms with Crippen LogP contribution in [0.25, 0.3) is 0 Å². The maximum atomic E-state index is 12.2. The lowest BCUT2D eigenvalue weighted by Gasteiger charge is -2.28. The molecule has 0 amide bonds. The van der Waals surface area contributed by atoms with Crippen molar-refractivity contribution < 1.29 is 46.8 Å². The van der Waals surface area contributed by atoms with Crippen molar-refractivity contribution in [1.82, 2.24) is 0 Å². The normalized spacial score (nSPS) is 13.9. The Morgan fingerprint density at radius 2 is 1.27 bits per heavy atom. The molecule has 41 heavy (non-hydrogen) atoms. The van der Waals surface area contributed by atoms with E-state index in [0.29, 0.717) is 36.7 Å². The quantitative estimate of drug-likeness (QED) is 0.0336. The highest BCUT2D eigenvalue weighted by atomic mass is 31.2.